The van der Waals surface area contributed by atoms with Gasteiger partial charge in [-0.3, -0.25) is 0 Å². The molecule has 0 aliphatic heterocycles. The number of hydrogen-bond acceptors (Lipinski definition) is 4. The van der Waals surface area contributed by atoms with Crippen molar-refractivity contribution in [2.75, 3.05) is 0 Å². The van der Waals surface area contributed by atoms with E-state index in [1.54, 1.807) is 28.1 Å². The van der Waals surface area contributed by atoms with Gasteiger partial charge in [-0.05, 0) is 18.2 Å². The van der Waals surface area contributed by atoms with Crippen LogP contribution in [0, 0.1) is 0 Å². The molecule has 0 atom stereocenters. The molecule has 0 spiro atoms. The summed E-state index contributed by atoms with van der Waals surface area (Å²) in [6.07, 6.45) is 5.21. The van der Waals surface area contributed by atoms with Gasteiger partial charge in [0.1, 0.15) is 24.4 Å². The van der Waals surface area contributed by atoms with Crippen LogP contribution in [0.25, 0.3) is 22.4 Å². The number of imidazole rings is 1. The molecule has 104 valence electrons. The number of aliphatic hydroxyl groups is 1. The van der Waals surface area contributed by atoms with Crippen molar-refractivity contribution in [2.45, 2.75) is 6.61 Å². The first-order valence-corrected chi connectivity index (χ1v) is 6.53. The van der Waals surface area contributed by atoms with E-state index in [4.69, 9.17) is 9.52 Å². The molecule has 6 nitrogen and oxygen atoms in total. The van der Waals surface area contributed by atoms with E-state index in [0.29, 0.717) is 11.5 Å². The van der Waals surface area contributed by atoms with Gasteiger partial charge in [-0.1, -0.05) is 18.2 Å². The number of hydrogen-bond donors (Lipinski definition) is 1. The second-order valence-electron chi connectivity index (χ2n) is 4.62. The number of para-hydroxylation sites is 1. The van der Waals surface area contributed by atoms with Crippen LogP contribution >= 0.6 is 0 Å². The van der Waals surface area contributed by atoms with Crippen LogP contribution in [0.3, 0.4) is 0 Å². The molecule has 3 aromatic heterocycles. The minimum absolute atomic E-state index is 0.125. The third-order valence-electron chi connectivity index (χ3n) is 3.33. The predicted molar refractivity (Wildman–Crippen MR) is 76.4 cm³/mol. The molecule has 0 saturated heterocycles. The molecule has 0 aliphatic rings. The monoisotopic (exact) mass is 280 g/mol. The van der Waals surface area contributed by atoms with Gasteiger partial charge in [0.15, 0.2) is 5.76 Å². The van der Waals surface area contributed by atoms with E-state index >= 15 is 0 Å². The van der Waals surface area contributed by atoms with Gasteiger partial charge in [-0.25, -0.2) is 9.66 Å². The Morgan fingerprint density at radius 3 is 2.81 bits per heavy atom. The Kier molecular flexibility index (Phi) is 2.61. The quantitative estimate of drug-likeness (QED) is 0.625. The molecule has 0 amide bonds. The minimum atomic E-state index is -0.125. The Balaban J connectivity index is 1.97. The highest BCUT2D eigenvalue weighted by molar-refractivity contribution is 5.92. The zero-order valence-electron chi connectivity index (χ0n) is 11.0. The molecule has 21 heavy (non-hydrogen) atoms. The van der Waals surface area contributed by atoms with E-state index in [1.165, 1.54) is 0 Å². The van der Waals surface area contributed by atoms with Gasteiger partial charge in [-0.15, -0.1) is 5.10 Å². The molecule has 0 fully saturated rings. The molecular weight excluding hydrogens is 268 g/mol. The topological polar surface area (TPSA) is 69.0 Å². The maximum atomic E-state index is 9.13. The van der Waals surface area contributed by atoms with Crippen LogP contribution in [0.15, 0.2) is 59.5 Å². The van der Waals surface area contributed by atoms with Gasteiger partial charge in [0.05, 0.1) is 5.52 Å². The average Bonchev–Trinajstić information content (AvgIpc) is 3.25. The number of aromatic nitrogens is 4. The Morgan fingerprint density at radius 1 is 1.14 bits per heavy atom. The molecule has 3 heterocycles. The number of benzene rings is 1. The molecule has 4 aromatic rings. The fraction of sp³-hybridized carbons (Fsp3) is 0.0667. The van der Waals surface area contributed by atoms with Crippen molar-refractivity contribution in [2.24, 2.45) is 0 Å². The zero-order chi connectivity index (χ0) is 14.2. The molecule has 0 radical (unpaired) electrons. The lowest BCUT2D eigenvalue weighted by molar-refractivity contribution is 0.248. The molecule has 1 aromatic carbocycles. The molecular formula is C15H12N4O2. The third-order valence-corrected chi connectivity index (χ3v) is 3.33. The van der Waals surface area contributed by atoms with E-state index < -0.39 is 0 Å². The van der Waals surface area contributed by atoms with Crippen LogP contribution < -0.4 is 0 Å². The van der Waals surface area contributed by atoms with E-state index in [0.717, 1.165) is 16.6 Å². The normalized spacial score (nSPS) is 11.3. The second-order valence-corrected chi connectivity index (χ2v) is 4.62. The molecule has 4 rings (SSSR count). The van der Waals surface area contributed by atoms with Gasteiger partial charge in [0.2, 0.25) is 0 Å². The second kappa shape index (κ2) is 4.60. The SMILES string of the molecule is OCc1ccc(-c2nn(-n3ccnc3)c3ccccc23)o1. The number of aliphatic hydroxyl groups excluding tert-OH is 1. The smallest absolute Gasteiger partial charge is 0.155 e. The van der Waals surface area contributed by atoms with Gasteiger partial charge in [0, 0.05) is 17.8 Å². The fourth-order valence-corrected chi connectivity index (χ4v) is 2.36. The van der Waals surface area contributed by atoms with Crippen molar-refractivity contribution in [3.05, 3.63) is 60.9 Å². The lowest BCUT2D eigenvalue weighted by Gasteiger charge is -2.01. The van der Waals surface area contributed by atoms with E-state index in [1.807, 2.05) is 36.5 Å². The Hall–Kier alpha value is -2.86. The molecule has 1 N–H and O–H groups in total. The van der Waals surface area contributed by atoms with Crippen molar-refractivity contribution in [1.29, 1.82) is 0 Å². The summed E-state index contributed by atoms with van der Waals surface area (Å²) in [5, 5.41) is 14.7. The first-order chi connectivity index (χ1) is 10.4. The number of fused-ring (bicyclic) bond motifs is 1. The summed E-state index contributed by atoms with van der Waals surface area (Å²) < 4.78 is 7.40. The Labute approximate surface area is 119 Å². The molecule has 0 aliphatic carbocycles. The number of nitrogens with zero attached hydrogens (tertiary/aromatic N) is 4. The molecule has 0 unspecified atom stereocenters. The van der Waals surface area contributed by atoms with Crippen LogP contribution in [-0.4, -0.2) is 24.7 Å². The molecule has 0 bridgehead atoms. The average molecular weight is 280 g/mol. The van der Waals surface area contributed by atoms with E-state index in [2.05, 4.69) is 10.1 Å². The van der Waals surface area contributed by atoms with E-state index in [9.17, 15) is 0 Å². The van der Waals surface area contributed by atoms with Crippen molar-refractivity contribution >= 4 is 10.9 Å². The maximum Gasteiger partial charge on any atom is 0.155 e. The largest absolute Gasteiger partial charge is 0.457 e. The van der Waals surface area contributed by atoms with Gasteiger partial charge in [-0.2, -0.15) is 4.79 Å². The molecule has 0 saturated carbocycles. The maximum absolute atomic E-state index is 9.13. The summed E-state index contributed by atoms with van der Waals surface area (Å²) in [5.41, 5.74) is 1.69. The van der Waals surface area contributed by atoms with Crippen molar-refractivity contribution in [1.82, 2.24) is 19.5 Å². The van der Waals surface area contributed by atoms with Gasteiger partial charge in [0.25, 0.3) is 0 Å². The summed E-state index contributed by atoms with van der Waals surface area (Å²) in [5.74, 6) is 1.15. The first-order valence-electron chi connectivity index (χ1n) is 6.53. The zero-order valence-corrected chi connectivity index (χ0v) is 11.0. The fourth-order valence-electron chi connectivity index (χ4n) is 2.36. The highest BCUT2D eigenvalue weighted by Gasteiger charge is 2.15. The van der Waals surface area contributed by atoms with Crippen LogP contribution in [0.1, 0.15) is 5.76 Å². The molecule has 6 heteroatoms. The number of rotatable bonds is 3. The first kappa shape index (κ1) is 11.9. The lowest BCUT2D eigenvalue weighted by atomic mass is 10.2. The summed E-state index contributed by atoms with van der Waals surface area (Å²) >= 11 is 0. The van der Waals surface area contributed by atoms with Crippen LogP contribution in [0.5, 0.6) is 0 Å². The van der Waals surface area contributed by atoms with Crippen molar-refractivity contribution in [3.63, 3.8) is 0 Å². The van der Waals surface area contributed by atoms with E-state index in [-0.39, 0.29) is 6.61 Å². The van der Waals surface area contributed by atoms with Gasteiger partial charge >= 0.3 is 0 Å². The number of furan rings is 1. The summed E-state index contributed by atoms with van der Waals surface area (Å²) in [4.78, 5) is 5.81. The summed E-state index contributed by atoms with van der Waals surface area (Å²) in [6.45, 7) is -0.125. The van der Waals surface area contributed by atoms with Crippen molar-refractivity contribution < 1.29 is 9.52 Å². The summed E-state index contributed by atoms with van der Waals surface area (Å²) in [7, 11) is 0. The standard InChI is InChI=1S/C15H12N4O2/c20-9-11-5-6-14(21-11)15-12-3-1-2-4-13(12)19(17-15)18-8-7-16-10-18/h1-8,10,20H,9H2. The minimum Gasteiger partial charge on any atom is -0.457 e. The van der Waals surface area contributed by atoms with Crippen molar-refractivity contribution in [3.8, 4) is 11.5 Å². The third kappa shape index (κ3) is 1.85. The van der Waals surface area contributed by atoms with Crippen LogP contribution in [0.4, 0.5) is 0 Å². The lowest BCUT2D eigenvalue weighted by Crippen LogP contribution is -2.07. The Bertz CT molecular complexity index is 890. The Morgan fingerprint density at radius 2 is 2.05 bits per heavy atom. The highest BCUT2D eigenvalue weighted by Crippen LogP contribution is 2.29. The summed E-state index contributed by atoms with van der Waals surface area (Å²) in [6, 6.07) is 11.5. The highest BCUT2D eigenvalue weighted by atomic mass is 16.4. The van der Waals surface area contributed by atoms with Crippen LogP contribution in [-0.2, 0) is 6.61 Å². The predicted octanol–water partition coefficient (Wildman–Crippen LogP) is 2.30. The van der Waals surface area contributed by atoms with Crippen LogP contribution in [0.2, 0.25) is 0 Å². The van der Waals surface area contributed by atoms with Gasteiger partial charge < -0.3 is 9.52 Å².